The second-order valence-electron chi connectivity index (χ2n) is 9.45. The summed E-state index contributed by atoms with van der Waals surface area (Å²) in [6.45, 7) is 12.0. The Hall–Kier alpha value is -0.740. The zero-order valence-electron chi connectivity index (χ0n) is 18.8. The van der Waals surface area contributed by atoms with Gasteiger partial charge in [0.25, 0.3) is 5.56 Å². The molecular formula is C21H31N2O6PS2. The lowest BCUT2D eigenvalue weighted by Crippen LogP contribution is -2.39. The molecule has 8 atom stereocenters. The van der Waals surface area contributed by atoms with Crippen molar-refractivity contribution < 1.29 is 18.9 Å². The van der Waals surface area contributed by atoms with Crippen LogP contribution in [-0.4, -0.2) is 44.3 Å². The number of H-pyrrole nitrogens is 1. The summed E-state index contributed by atoms with van der Waals surface area (Å²) in [6.07, 6.45) is 2.14. The van der Waals surface area contributed by atoms with Crippen molar-refractivity contribution in [1.82, 2.24) is 9.55 Å². The number of aromatic nitrogens is 2. The summed E-state index contributed by atoms with van der Waals surface area (Å²) >= 11 is 7.47. The van der Waals surface area contributed by atoms with Crippen LogP contribution >= 0.6 is 17.1 Å². The normalized spacial score (nSPS) is 41.5. The molecule has 0 aromatic carbocycles. The number of nitrogens with one attached hydrogen (secondary N) is 1. The summed E-state index contributed by atoms with van der Waals surface area (Å²) in [7, 11) is 0. The van der Waals surface area contributed by atoms with Gasteiger partial charge in [-0.25, -0.2) is 4.79 Å². The fraction of sp³-hybridized carbons (Fsp3) is 0.714. The maximum Gasteiger partial charge on any atom is 0.330 e. The molecule has 32 heavy (non-hydrogen) atoms. The molecule has 0 radical (unpaired) electrons. The first kappa shape index (κ1) is 24.4. The van der Waals surface area contributed by atoms with Crippen LogP contribution in [0.3, 0.4) is 0 Å². The molecule has 0 bridgehead atoms. The van der Waals surface area contributed by atoms with Gasteiger partial charge >= 0.3 is 5.69 Å². The minimum Gasteiger partial charge on any atom is -0.388 e. The van der Waals surface area contributed by atoms with Crippen LogP contribution in [-0.2, 0) is 25.6 Å². The Morgan fingerprint density at radius 3 is 2.94 bits per heavy atom. The molecule has 2 aliphatic heterocycles. The van der Waals surface area contributed by atoms with Crippen LogP contribution in [0.15, 0.2) is 27.9 Å². The quantitative estimate of drug-likeness (QED) is 0.467. The van der Waals surface area contributed by atoms with Crippen molar-refractivity contribution in [3.05, 3.63) is 44.8 Å². The monoisotopic (exact) mass is 502 g/mol. The molecule has 3 fully saturated rings. The van der Waals surface area contributed by atoms with E-state index < -0.39 is 35.4 Å². The Bertz CT molecular complexity index is 1070. The van der Waals surface area contributed by atoms with E-state index in [2.05, 4.69) is 25.4 Å². The molecule has 0 spiro atoms. The first-order chi connectivity index (χ1) is 14.9. The molecule has 8 nitrogen and oxygen atoms in total. The zero-order valence-corrected chi connectivity index (χ0v) is 21.3. The lowest BCUT2D eigenvalue weighted by molar-refractivity contribution is -0.0509. The van der Waals surface area contributed by atoms with Crippen LogP contribution in [0, 0.1) is 18.8 Å². The van der Waals surface area contributed by atoms with Crippen LogP contribution < -0.4 is 11.2 Å². The molecule has 1 saturated carbocycles. The largest absolute Gasteiger partial charge is 0.388 e. The molecule has 11 heteroatoms. The maximum atomic E-state index is 12.3. The zero-order chi connectivity index (χ0) is 23.4. The van der Waals surface area contributed by atoms with E-state index in [1.165, 1.54) is 16.3 Å². The molecule has 0 amide bonds. The van der Waals surface area contributed by atoms with Crippen molar-refractivity contribution in [3.8, 4) is 0 Å². The molecular weight excluding hydrogens is 471 g/mol. The van der Waals surface area contributed by atoms with E-state index in [1.807, 2.05) is 6.92 Å². The third kappa shape index (κ3) is 4.48. The summed E-state index contributed by atoms with van der Waals surface area (Å²) in [4.78, 5) is 26.2. The number of aliphatic hydroxyl groups is 1. The molecule has 178 valence electrons. The van der Waals surface area contributed by atoms with Crippen LogP contribution in [0.25, 0.3) is 0 Å². The van der Waals surface area contributed by atoms with E-state index in [0.717, 1.165) is 19.3 Å². The highest BCUT2D eigenvalue weighted by Crippen LogP contribution is 2.75. The van der Waals surface area contributed by atoms with E-state index >= 15 is 0 Å². The number of fused-ring (bicyclic) bond motifs is 1. The summed E-state index contributed by atoms with van der Waals surface area (Å²) in [5.74, 6) is 0.155. The predicted octanol–water partition coefficient (Wildman–Crippen LogP) is 3.25. The van der Waals surface area contributed by atoms with E-state index in [4.69, 9.17) is 25.6 Å². The Kier molecular flexibility index (Phi) is 6.71. The number of aryl methyl sites for hydroxylation is 1. The number of aromatic amines is 1. The van der Waals surface area contributed by atoms with E-state index in [-0.39, 0.29) is 23.4 Å². The Labute approximate surface area is 196 Å². The van der Waals surface area contributed by atoms with Crippen molar-refractivity contribution in [1.29, 1.82) is 0 Å². The van der Waals surface area contributed by atoms with Gasteiger partial charge in [-0.05, 0) is 57.8 Å². The van der Waals surface area contributed by atoms with Crippen LogP contribution in [0.4, 0.5) is 0 Å². The lowest BCUT2D eigenvalue weighted by Gasteiger charge is -2.37. The fourth-order valence-corrected chi connectivity index (χ4v) is 11.8. The van der Waals surface area contributed by atoms with E-state index in [9.17, 15) is 14.7 Å². The lowest BCUT2D eigenvalue weighted by atomic mass is 9.77. The summed E-state index contributed by atoms with van der Waals surface area (Å²) < 4.78 is 19.7. The number of allylic oxidation sites excluding steroid dienone is 1. The molecule has 2 N–H and O–H groups in total. The highest BCUT2D eigenvalue weighted by Gasteiger charge is 2.54. The summed E-state index contributed by atoms with van der Waals surface area (Å²) in [5, 5.41) is 10.7. The van der Waals surface area contributed by atoms with Crippen molar-refractivity contribution in [3.63, 3.8) is 0 Å². The van der Waals surface area contributed by atoms with Crippen molar-refractivity contribution in [2.24, 2.45) is 11.8 Å². The Morgan fingerprint density at radius 2 is 2.25 bits per heavy atom. The number of rotatable bonds is 5. The van der Waals surface area contributed by atoms with Crippen molar-refractivity contribution in [2.45, 2.75) is 76.2 Å². The van der Waals surface area contributed by atoms with Gasteiger partial charge in [0.2, 0.25) is 5.69 Å². The molecule has 1 aromatic rings. The molecule has 3 aliphatic rings. The topological polar surface area (TPSA) is 103 Å². The smallest absolute Gasteiger partial charge is 0.330 e. The first-order valence-electron chi connectivity index (χ1n) is 10.9. The second kappa shape index (κ2) is 8.80. The summed E-state index contributed by atoms with van der Waals surface area (Å²) in [5.41, 5.74) is -2.10. The van der Waals surface area contributed by atoms with Gasteiger partial charge in [0.05, 0.1) is 18.8 Å². The molecule has 0 unspecified atom stereocenters. The molecule has 4 rings (SSSR count). The van der Waals surface area contributed by atoms with Gasteiger partial charge in [0.15, 0.2) is 6.23 Å². The minimum absolute atomic E-state index is 0.0386. The van der Waals surface area contributed by atoms with E-state index in [0.29, 0.717) is 11.5 Å². The van der Waals surface area contributed by atoms with Gasteiger partial charge in [-0.3, -0.25) is 14.3 Å². The van der Waals surface area contributed by atoms with E-state index in [1.54, 1.807) is 18.3 Å². The SMILES string of the molecule is C=C(C)[C@H]1CC[C@@]2(C)S[P@](=S)(OC[C@H]3O[C@@H](n4cc(C)c(=O)[nH]c4=O)[C@H](O)[C@@H]3C)O[C@@H]2C1. The maximum absolute atomic E-state index is 12.3. The first-order valence-corrected chi connectivity index (χ1v) is 14.9. The average Bonchev–Trinajstić information content (AvgIpc) is 3.15. The molecule has 3 heterocycles. The second-order valence-corrected chi connectivity index (χ2v) is 16.1. The predicted molar refractivity (Wildman–Crippen MR) is 128 cm³/mol. The number of hydrogen-bond donors (Lipinski definition) is 2. The van der Waals surface area contributed by atoms with Crippen LogP contribution in [0.1, 0.15) is 51.8 Å². The highest BCUT2D eigenvalue weighted by atomic mass is 32.9. The fourth-order valence-electron chi connectivity index (χ4n) is 4.67. The molecule has 2 saturated heterocycles. The highest BCUT2D eigenvalue weighted by molar-refractivity contribution is 8.68. The molecule has 1 aliphatic carbocycles. The number of nitrogens with zero attached hydrogens (tertiary/aromatic N) is 1. The Morgan fingerprint density at radius 1 is 1.53 bits per heavy atom. The van der Waals surface area contributed by atoms with Gasteiger partial charge in [0.1, 0.15) is 6.10 Å². The van der Waals surface area contributed by atoms with Crippen molar-refractivity contribution in [2.75, 3.05) is 6.61 Å². The van der Waals surface area contributed by atoms with Gasteiger partial charge in [-0.2, -0.15) is 0 Å². The number of hydrogen-bond acceptors (Lipinski definition) is 8. The third-order valence-electron chi connectivity index (χ3n) is 6.99. The Balaban J connectivity index is 1.44. The van der Waals surface area contributed by atoms with Gasteiger partial charge in [-0.15, -0.1) is 0 Å². The van der Waals surface area contributed by atoms with Crippen molar-refractivity contribution >= 4 is 28.9 Å². The molecule has 1 aromatic heterocycles. The average molecular weight is 503 g/mol. The number of aliphatic hydroxyl groups excluding tert-OH is 1. The third-order valence-corrected chi connectivity index (χ3v) is 12.8. The van der Waals surface area contributed by atoms with Gasteiger partial charge < -0.3 is 18.9 Å². The number of ether oxygens (including phenoxy) is 1. The van der Waals surface area contributed by atoms with Crippen LogP contribution in [0.5, 0.6) is 0 Å². The van der Waals surface area contributed by atoms with Crippen LogP contribution in [0.2, 0.25) is 0 Å². The summed E-state index contributed by atoms with van der Waals surface area (Å²) in [6, 6.07) is 0. The van der Waals surface area contributed by atoms with Gasteiger partial charge in [-0.1, -0.05) is 30.5 Å². The standard InChI is InChI=1S/C21H31N2O6PS2/c1-11(2)14-6-7-21(5)16(8-14)29-30(31,32-21)27-10-15-13(4)17(24)19(28-15)23-9-12(3)18(25)22-20(23)26/h9,13-17,19,24H,1,6-8,10H2,2-5H3,(H,22,25,26)/t13-,14+,15-,16-,17-,19-,21-,30-/m1/s1. The minimum atomic E-state index is -2.57. The van der Waals surface area contributed by atoms with Gasteiger partial charge in [0, 0.05) is 22.4 Å².